The number of hydrogen-bond acceptors (Lipinski definition) is 2. The van der Waals surface area contributed by atoms with Gasteiger partial charge < -0.3 is 0 Å². The Bertz CT molecular complexity index is 338. The van der Waals surface area contributed by atoms with E-state index in [4.69, 9.17) is 11.6 Å². The molecule has 0 bridgehead atoms. The fourth-order valence-electron chi connectivity index (χ4n) is 1.33. The van der Waals surface area contributed by atoms with Crippen molar-refractivity contribution in [2.75, 3.05) is 0 Å². The van der Waals surface area contributed by atoms with Gasteiger partial charge in [-0.15, -0.1) is 11.8 Å². The molecule has 0 saturated heterocycles. The van der Waals surface area contributed by atoms with Crippen molar-refractivity contribution in [3.05, 3.63) is 34.9 Å². The summed E-state index contributed by atoms with van der Waals surface area (Å²) in [6, 6.07) is 7.77. The van der Waals surface area contributed by atoms with Crippen molar-refractivity contribution in [3.8, 4) is 0 Å². The highest BCUT2D eigenvalue weighted by molar-refractivity contribution is 7.99. The van der Waals surface area contributed by atoms with E-state index in [0.717, 1.165) is 22.8 Å². The first kappa shape index (κ1) is 12.6. The Kier molecular flexibility index (Phi) is 5.20. The third-order valence-electron chi connectivity index (χ3n) is 2.22. The Balaban J connectivity index is 2.56. The van der Waals surface area contributed by atoms with Gasteiger partial charge in [0.2, 0.25) is 0 Å². The van der Waals surface area contributed by atoms with Crippen LogP contribution in [0.2, 0.25) is 5.02 Å². The number of hydrogen-bond donors (Lipinski definition) is 0. The van der Waals surface area contributed by atoms with E-state index in [0.29, 0.717) is 0 Å². The molecule has 0 amide bonds. The maximum absolute atomic E-state index is 11.2. The highest BCUT2D eigenvalue weighted by Crippen LogP contribution is 2.25. The number of halogens is 1. The summed E-state index contributed by atoms with van der Waals surface area (Å²) in [4.78, 5) is 11.2. The highest BCUT2D eigenvalue weighted by Gasteiger charge is 2.12. The van der Waals surface area contributed by atoms with E-state index in [9.17, 15) is 4.79 Å². The minimum absolute atomic E-state index is 0.0984. The van der Waals surface area contributed by atoms with Crippen LogP contribution in [0.15, 0.2) is 24.3 Å². The first-order valence-electron chi connectivity index (χ1n) is 5.00. The van der Waals surface area contributed by atoms with Gasteiger partial charge in [-0.25, -0.2) is 0 Å². The first-order chi connectivity index (χ1) is 7.15. The van der Waals surface area contributed by atoms with E-state index in [1.807, 2.05) is 31.2 Å². The van der Waals surface area contributed by atoms with Crippen LogP contribution in [0.3, 0.4) is 0 Å². The van der Waals surface area contributed by atoms with Gasteiger partial charge >= 0.3 is 0 Å². The van der Waals surface area contributed by atoms with Gasteiger partial charge in [-0.2, -0.15) is 0 Å². The van der Waals surface area contributed by atoms with Gasteiger partial charge in [0, 0.05) is 10.8 Å². The molecule has 1 unspecified atom stereocenters. The lowest BCUT2D eigenvalue weighted by Gasteiger charge is -2.11. The van der Waals surface area contributed by atoms with E-state index < -0.39 is 0 Å². The molecule has 0 fully saturated rings. The number of carbonyl (C=O) groups is 1. The molecule has 0 aliphatic rings. The molecular weight excluding hydrogens is 228 g/mol. The van der Waals surface area contributed by atoms with Crippen molar-refractivity contribution in [1.29, 1.82) is 0 Å². The number of rotatable bonds is 5. The largest absolute Gasteiger partial charge is 0.299 e. The Hall–Kier alpha value is -0.470. The third kappa shape index (κ3) is 3.88. The Morgan fingerprint density at radius 3 is 2.67 bits per heavy atom. The maximum Gasteiger partial charge on any atom is 0.142 e. The van der Waals surface area contributed by atoms with Gasteiger partial charge in [-0.1, -0.05) is 36.7 Å². The standard InChI is InChI=1S/C12H15ClOS/c1-3-12(9(2)14)15-8-10-6-4-5-7-11(10)13/h4-7,12H,3,8H2,1-2H3. The van der Waals surface area contributed by atoms with Gasteiger partial charge in [-0.3, -0.25) is 4.79 Å². The average molecular weight is 243 g/mol. The summed E-state index contributed by atoms with van der Waals surface area (Å²) >= 11 is 7.70. The summed E-state index contributed by atoms with van der Waals surface area (Å²) in [5, 5.41) is 0.879. The summed E-state index contributed by atoms with van der Waals surface area (Å²) in [5.41, 5.74) is 1.10. The predicted octanol–water partition coefficient (Wildman–Crippen LogP) is 3.94. The normalized spacial score (nSPS) is 12.5. The molecule has 0 aliphatic carbocycles. The minimum atomic E-state index is 0.0984. The van der Waals surface area contributed by atoms with Crippen molar-refractivity contribution < 1.29 is 4.79 Å². The Morgan fingerprint density at radius 2 is 2.13 bits per heavy atom. The average Bonchev–Trinajstić information content (AvgIpc) is 2.21. The smallest absolute Gasteiger partial charge is 0.142 e. The van der Waals surface area contributed by atoms with Gasteiger partial charge in [0.25, 0.3) is 0 Å². The van der Waals surface area contributed by atoms with E-state index >= 15 is 0 Å². The molecule has 1 atom stereocenters. The number of ketones is 1. The molecular formula is C12H15ClOS. The molecule has 82 valence electrons. The SMILES string of the molecule is CCC(SCc1ccccc1Cl)C(C)=O. The highest BCUT2D eigenvalue weighted by atomic mass is 35.5. The van der Waals surface area contributed by atoms with Crippen molar-refractivity contribution >= 4 is 29.1 Å². The topological polar surface area (TPSA) is 17.1 Å². The van der Waals surface area contributed by atoms with Crippen LogP contribution in [-0.4, -0.2) is 11.0 Å². The number of Topliss-reactive ketones (excluding diaryl/α,β-unsaturated/α-hetero) is 1. The number of carbonyl (C=O) groups excluding carboxylic acids is 1. The quantitative estimate of drug-likeness (QED) is 0.778. The molecule has 0 radical (unpaired) electrons. The minimum Gasteiger partial charge on any atom is -0.299 e. The van der Waals surface area contributed by atoms with Crippen molar-refractivity contribution in [2.45, 2.75) is 31.3 Å². The second kappa shape index (κ2) is 6.19. The fourth-order valence-corrected chi connectivity index (χ4v) is 2.71. The van der Waals surface area contributed by atoms with E-state index in [2.05, 4.69) is 0 Å². The van der Waals surface area contributed by atoms with Crippen LogP contribution in [0.25, 0.3) is 0 Å². The molecule has 0 N–H and O–H groups in total. The molecule has 1 rings (SSSR count). The number of benzene rings is 1. The molecule has 1 aromatic rings. The van der Waals surface area contributed by atoms with Crippen molar-refractivity contribution in [1.82, 2.24) is 0 Å². The molecule has 15 heavy (non-hydrogen) atoms. The third-order valence-corrected chi connectivity index (χ3v) is 4.14. The summed E-state index contributed by atoms with van der Waals surface area (Å²) in [5.74, 6) is 1.05. The summed E-state index contributed by atoms with van der Waals surface area (Å²) < 4.78 is 0. The summed E-state index contributed by atoms with van der Waals surface area (Å²) in [6.07, 6.45) is 0.879. The lowest BCUT2D eigenvalue weighted by Crippen LogP contribution is -2.12. The number of thioether (sulfide) groups is 1. The molecule has 0 aliphatic heterocycles. The zero-order chi connectivity index (χ0) is 11.3. The van der Waals surface area contributed by atoms with Crippen LogP contribution < -0.4 is 0 Å². The Morgan fingerprint density at radius 1 is 1.47 bits per heavy atom. The van der Waals surface area contributed by atoms with Crippen LogP contribution in [0.1, 0.15) is 25.8 Å². The zero-order valence-electron chi connectivity index (χ0n) is 9.00. The second-order valence-electron chi connectivity index (χ2n) is 3.41. The summed E-state index contributed by atoms with van der Waals surface area (Å²) in [6.45, 7) is 3.68. The fraction of sp³-hybridized carbons (Fsp3) is 0.417. The van der Waals surface area contributed by atoms with E-state index in [1.165, 1.54) is 0 Å². The molecule has 1 aromatic carbocycles. The van der Waals surface area contributed by atoms with E-state index in [1.54, 1.807) is 18.7 Å². The lowest BCUT2D eigenvalue weighted by molar-refractivity contribution is -0.116. The van der Waals surface area contributed by atoms with Crippen molar-refractivity contribution in [2.24, 2.45) is 0 Å². The van der Waals surface area contributed by atoms with Gasteiger partial charge in [0.05, 0.1) is 5.25 Å². The van der Waals surface area contributed by atoms with Gasteiger partial charge in [-0.05, 0) is 25.0 Å². The van der Waals surface area contributed by atoms with Crippen LogP contribution in [0.5, 0.6) is 0 Å². The molecule has 0 aromatic heterocycles. The first-order valence-corrected chi connectivity index (χ1v) is 6.43. The molecule has 0 heterocycles. The van der Waals surface area contributed by atoms with Crippen LogP contribution >= 0.6 is 23.4 Å². The Labute approximate surface area is 100 Å². The second-order valence-corrected chi connectivity index (χ2v) is 5.01. The van der Waals surface area contributed by atoms with E-state index in [-0.39, 0.29) is 11.0 Å². The monoisotopic (exact) mass is 242 g/mol. The maximum atomic E-state index is 11.2. The zero-order valence-corrected chi connectivity index (χ0v) is 10.6. The molecule has 0 saturated carbocycles. The van der Waals surface area contributed by atoms with Crippen LogP contribution in [0, 0.1) is 0 Å². The lowest BCUT2D eigenvalue weighted by atomic mass is 10.2. The summed E-state index contributed by atoms with van der Waals surface area (Å²) in [7, 11) is 0. The molecule has 1 nitrogen and oxygen atoms in total. The molecule has 0 spiro atoms. The predicted molar refractivity (Wildman–Crippen MR) is 67.5 cm³/mol. The van der Waals surface area contributed by atoms with Crippen LogP contribution in [-0.2, 0) is 10.5 Å². The van der Waals surface area contributed by atoms with Crippen molar-refractivity contribution in [3.63, 3.8) is 0 Å². The molecule has 3 heteroatoms. The van der Waals surface area contributed by atoms with Gasteiger partial charge in [0.1, 0.15) is 5.78 Å². The van der Waals surface area contributed by atoms with Crippen LogP contribution in [0.4, 0.5) is 0 Å². The van der Waals surface area contributed by atoms with Gasteiger partial charge in [0.15, 0.2) is 0 Å².